The Morgan fingerprint density at radius 3 is 2.36 bits per heavy atom. The Morgan fingerprint density at radius 1 is 1.16 bits per heavy atom. The Balaban J connectivity index is 1.98. The van der Waals surface area contributed by atoms with Gasteiger partial charge in [0.2, 0.25) is 0 Å². The topological polar surface area (TPSA) is 84.7 Å². The van der Waals surface area contributed by atoms with Crippen LogP contribution >= 0.6 is 11.6 Å². The molecule has 0 heterocycles. The number of nitrogens with one attached hydrogen (secondary N) is 1. The summed E-state index contributed by atoms with van der Waals surface area (Å²) in [5.41, 5.74) is 7.74. The van der Waals surface area contributed by atoms with E-state index in [1.807, 2.05) is 31.1 Å². The maximum absolute atomic E-state index is 12.2. The van der Waals surface area contributed by atoms with Crippen LogP contribution in [0.25, 0.3) is 0 Å². The van der Waals surface area contributed by atoms with Crippen molar-refractivity contribution in [1.82, 2.24) is 0 Å². The van der Waals surface area contributed by atoms with Gasteiger partial charge < -0.3 is 20.7 Å². The highest BCUT2D eigenvalue weighted by atomic mass is 35.5. The average molecular weight is 362 g/mol. The number of halogens is 1. The number of benzene rings is 2. The summed E-state index contributed by atoms with van der Waals surface area (Å²) >= 11 is 5.80. The molecule has 3 N–H and O–H groups in total. The van der Waals surface area contributed by atoms with Crippen molar-refractivity contribution in [3.8, 4) is 0 Å². The van der Waals surface area contributed by atoms with Crippen molar-refractivity contribution in [2.75, 3.05) is 30.0 Å². The summed E-state index contributed by atoms with van der Waals surface area (Å²) in [6, 6.07) is 11.8. The molecule has 0 bridgehead atoms. The SMILES string of the molecule is CC(OC(=O)c1ccc(Cl)cc1N)C(=O)Nc1ccc(N(C)C)cc1. The Morgan fingerprint density at radius 2 is 1.80 bits per heavy atom. The molecule has 132 valence electrons. The van der Waals surface area contributed by atoms with Gasteiger partial charge in [-0.15, -0.1) is 0 Å². The van der Waals surface area contributed by atoms with Crippen LogP contribution in [0.15, 0.2) is 42.5 Å². The van der Waals surface area contributed by atoms with Crippen LogP contribution in [-0.2, 0) is 9.53 Å². The zero-order valence-electron chi connectivity index (χ0n) is 14.2. The molecule has 6 nitrogen and oxygen atoms in total. The number of carbonyl (C=O) groups excluding carboxylic acids is 2. The molecule has 0 aromatic heterocycles. The van der Waals surface area contributed by atoms with Crippen LogP contribution < -0.4 is 16.0 Å². The van der Waals surface area contributed by atoms with E-state index in [1.54, 1.807) is 12.1 Å². The fourth-order valence-electron chi connectivity index (χ4n) is 2.08. The minimum Gasteiger partial charge on any atom is -0.449 e. The van der Waals surface area contributed by atoms with E-state index in [9.17, 15) is 9.59 Å². The first-order valence-corrected chi connectivity index (χ1v) is 8.00. The molecular weight excluding hydrogens is 342 g/mol. The van der Waals surface area contributed by atoms with Gasteiger partial charge in [-0.3, -0.25) is 4.79 Å². The van der Waals surface area contributed by atoms with Crippen molar-refractivity contribution in [3.05, 3.63) is 53.1 Å². The normalized spacial score (nSPS) is 11.5. The van der Waals surface area contributed by atoms with E-state index in [2.05, 4.69) is 5.32 Å². The number of hydrogen-bond acceptors (Lipinski definition) is 5. The lowest BCUT2D eigenvalue weighted by Gasteiger charge is -2.16. The summed E-state index contributed by atoms with van der Waals surface area (Å²) in [7, 11) is 3.86. The number of carbonyl (C=O) groups is 2. The first kappa shape index (κ1) is 18.6. The summed E-state index contributed by atoms with van der Waals surface area (Å²) < 4.78 is 5.17. The number of nitrogens with two attached hydrogens (primary N) is 1. The van der Waals surface area contributed by atoms with Crippen molar-refractivity contribution >= 4 is 40.5 Å². The minimum atomic E-state index is -0.976. The van der Waals surface area contributed by atoms with Gasteiger partial charge in [0.15, 0.2) is 6.10 Å². The molecule has 0 radical (unpaired) electrons. The fourth-order valence-corrected chi connectivity index (χ4v) is 2.26. The molecule has 0 aliphatic rings. The van der Waals surface area contributed by atoms with E-state index >= 15 is 0 Å². The number of anilines is 3. The van der Waals surface area contributed by atoms with Gasteiger partial charge in [0.05, 0.1) is 5.56 Å². The van der Waals surface area contributed by atoms with Crippen LogP contribution in [0.5, 0.6) is 0 Å². The third-order valence-corrected chi connectivity index (χ3v) is 3.77. The van der Waals surface area contributed by atoms with Crippen LogP contribution in [0.4, 0.5) is 17.1 Å². The third kappa shape index (κ3) is 4.87. The molecule has 2 aromatic rings. The molecule has 2 aromatic carbocycles. The monoisotopic (exact) mass is 361 g/mol. The number of amides is 1. The third-order valence-electron chi connectivity index (χ3n) is 3.54. The highest BCUT2D eigenvalue weighted by Crippen LogP contribution is 2.20. The van der Waals surface area contributed by atoms with Gasteiger partial charge in [0, 0.05) is 36.2 Å². The second-order valence-electron chi connectivity index (χ2n) is 5.71. The Kier molecular flexibility index (Phi) is 5.88. The van der Waals surface area contributed by atoms with Gasteiger partial charge in [-0.25, -0.2) is 4.79 Å². The van der Waals surface area contributed by atoms with E-state index in [1.165, 1.54) is 25.1 Å². The van der Waals surface area contributed by atoms with Crippen LogP contribution in [0.3, 0.4) is 0 Å². The standard InChI is InChI=1S/C18H20ClN3O3/c1-11(25-18(24)15-9-4-12(19)10-16(15)20)17(23)21-13-5-7-14(8-6-13)22(2)3/h4-11H,20H2,1-3H3,(H,21,23). The second kappa shape index (κ2) is 7.90. The largest absolute Gasteiger partial charge is 0.449 e. The predicted octanol–water partition coefficient (Wildman–Crippen LogP) is 3.17. The summed E-state index contributed by atoms with van der Waals surface area (Å²) in [6.45, 7) is 1.49. The van der Waals surface area contributed by atoms with Gasteiger partial charge in [0.25, 0.3) is 5.91 Å². The number of nitrogens with zero attached hydrogens (tertiary/aromatic N) is 1. The quantitative estimate of drug-likeness (QED) is 0.631. The fraction of sp³-hybridized carbons (Fsp3) is 0.222. The number of rotatable bonds is 5. The zero-order chi connectivity index (χ0) is 18.6. The van der Waals surface area contributed by atoms with Crippen LogP contribution in [0.2, 0.25) is 5.02 Å². The lowest BCUT2D eigenvalue weighted by molar-refractivity contribution is -0.123. The lowest BCUT2D eigenvalue weighted by Crippen LogP contribution is -2.30. The van der Waals surface area contributed by atoms with Crippen molar-refractivity contribution in [3.63, 3.8) is 0 Å². The van der Waals surface area contributed by atoms with Gasteiger partial charge in [-0.05, 0) is 49.4 Å². The van der Waals surface area contributed by atoms with Crippen LogP contribution in [0, 0.1) is 0 Å². The Labute approximate surface area is 151 Å². The first-order chi connectivity index (χ1) is 11.8. The average Bonchev–Trinajstić information content (AvgIpc) is 2.55. The molecule has 0 spiro atoms. The van der Waals surface area contributed by atoms with Crippen molar-refractivity contribution < 1.29 is 14.3 Å². The van der Waals surface area contributed by atoms with Crippen molar-refractivity contribution in [1.29, 1.82) is 0 Å². The summed E-state index contributed by atoms with van der Waals surface area (Å²) in [6.07, 6.45) is -0.976. The molecule has 7 heteroatoms. The molecule has 1 unspecified atom stereocenters. The minimum absolute atomic E-state index is 0.166. The van der Waals surface area contributed by atoms with Crippen LogP contribution in [0.1, 0.15) is 17.3 Å². The highest BCUT2D eigenvalue weighted by Gasteiger charge is 2.20. The maximum atomic E-state index is 12.2. The predicted molar refractivity (Wildman–Crippen MR) is 100 cm³/mol. The summed E-state index contributed by atoms with van der Waals surface area (Å²) in [5, 5.41) is 3.12. The maximum Gasteiger partial charge on any atom is 0.341 e. The van der Waals surface area contributed by atoms with Gasteiger partial charge in [-0.1, -0.05) is 11.6 Å². The molecule has 0 saturated carbocycles. The summed E-state index contributed by atoms with van der Waals surface area (Å²) in [4.78, 5) is 26.3. The molecule has 0 aliphatic carbocycles. The molecule has 2 rings (SSSR count). The van der Waals surface area contributed by atoms with Crippen LogP contribution in [-0.4, -0.2) is 32.1 Å². The van der Waals surface area contributed by atoms with Gasteiger partial charge in [-0.2, -0.15) is 0 Å². The molecule has 1 amide bonds. The van der Waals surface area contributed by atoms with Crippen molar-refractivity contribution in [2.45, 2.75) is 13.0 Å². The molecule has 0 fully saturated rings. The smallest absolute Gasteiger partial charge is 0.341 e. The zero-order valence-corrected chi connectivity index (χ0v) is 15.0. The molecule has 25 heavy (non-hydrogen) atoms. The van der Waals surface area contributed by atoms with E-state index in [0.717, 1.165) is 5.69 Å². The molecule has 0 aliphatic heterocycles. The first-order valence-electron chi connectivity index (χ1n) is 7.62. The number of nitrogen functional groups attached to an aromatic ring is 1. The van der Waals surface area contributed by atoms with E-state index in [4.69, 9.17) is 22.1 Å². The second-order valence-corrected chi connectivity index (χ2v) is 6.15. The summed E-state index contributed by atoms with van der Waals surface area (Å²) in [5.74, 6) is -1.11. The Bertz CT molecular complexity index is 776. The van der Waals surface area contributed by atoms with E-state index in [-0.39, 0.29) is 11.3 Å². The van der Waals surface area contributed by atoms with Gasteiger partial charge >= 0.3 is 5.97 Å². The highest BCUT2D eigenvalue weighted by molar-refractivity contribution is 6.31. The van der Waals surface area contributed by atoms with Gasteiger partial charge in [0.1, 0.15) is 0 Å². The van der Waals surface area contributed by atoms with E-state index in [0.29, 0.717) is 10.7 Å². The molecular formula is C18H20ClN3O3. The molecule has 0 saturated heterocycles. The molecule has 1 atom stereocenters. The number of hydrogen-bond donors (Lipinski definition) is 2. The van der Waals surface area contributed by atoms with E-state index < -0.39 is 18.0 Å². The Hall–Kier alpha value is -2.73. The van der Waals surface area contributed by atoms with Crippen molar-refractivity contribution in [2.24, 2.45) is 0 Å². The number of ether oxygens (including phenoxy) is 1. The lowest BCUT2D eigenvalue weighted by atomic mass is 10.2. The number of esters is 1.